The number of nitrogens with zero attached hydrogens (tertiary/aromatic N) is 2. The summed E-state index contributed by atoms with van der Waals surface area (Å²) in [4.78, 5) is 4.70. The van der Waals surface area contributed by atoms with E-state index in [0.29, 0.717) is 5.92 Å². The first kappa shape index (κ1) is 17.0. The number of benzene rings is 1. The first-order valence-electron chi connectivity index (χ1n) is 6.68. The summed E-state index contributed by atoms with van der Waals surface area (Å²) in [5.74, 6) is 0.657. The zero-order chi connectivity index (χ0) is 14.4. The highest BCUT2D eigenvalue weighted by molar-refractivity contribution is 9.10. The molecule has 0 bridgehead atoms. The lowest BCUT2D eigenvalue weighted by molar-refractivity contribution is 0.409. The second-order valence-corrected chi connectivity index (χ2v) is 6.98. The molecule has 0 N–H and O–H groups in total. The molecule has 0 atom stereocenters. The lowest BCUT2D eigenvalue weighted by Gasteiger charge is -2.29. The molecule has 1 rings (SSSR count). The average molecular weight is 392 g/mol. The molecular formula is C15H24Br2N2. The fourth-order valence-corrected chi connectivity index (χ4v) is 2.99. The van der Waals surface area contributed by atoms with Gasteiger partial charge in [-0.25, -0.2) is 0 Å². The molecule has 1 aromatic rings. The molecule has 2 nitrogen and oxygen atoms in total. The zero-order valence-corrected chi connectivity index (χ0v) is 15.5. The van der Waals surface area contributed by atoms with Gasteiger partial charge in [0.05, 0.1) is 5.69 Å². The quantitative estimate of drug-likeness (QED) is 0.636. The maximum Gasteiger partial charge on any atom is 0.0511 e. The fraction of sp³-hybridized carbons (Fsp3) is 0.600. The van der Waals surface area contributed by atoms with Gasteiger partial charge in [-0.3, -0.25) is 0 Å². The van der Waals surface area contributed by atoms with Crippen molar-refractivity contribution in [3.63, 3.8) is 0 Å². The van der Waals surface area contributed by atoms with E-state index >= 15 is 0 Å². The van der Waals surface area contributed by atoms with Crippen LogP contribution in [-0.4, -0.2) is 38.6 Å². The lowest BCUT2D eigenvalue weighted by atomic mass is 10.1. The Bertz CT molecular complexity index is 392. The van der Waals surface area contributed by atoms with E-state index in [4.69, 9.17) is 0 Å². The van der Waals surface area contributed by atoms with E-state index in [1.807, 2.05) is 0 Å². The van der Waals surface area contributed by atoms with Crippen LogP contribution in [0.1, 0.15) is 19.4 Å². The molecular weight excluding hydrogens is 368 g/mol. The molecule has 0 aliphatic carbocycles. The summed E-state index contributed by atoms with van der Waals surface area (Å²) in [6, 6.07) is 6.61. The molecule has 0 amide bonds. The van der Waals surface area contributed by atoms with Crippen molar-refractivity contribution < 1.29 is 0 Å². The van der Waals surface area contributed by atoms with E-state index in [1.165, 1.54) is 15.7 Å². The van der Waals surface area contributed by atoms with E-state index in [1.54, 1.807) is 0 Å². The predicted octanol–water partition coefficient (Wildman–Crippen LogP) is 4.37. The normalized spacial score (nSPS) is 11.4. The Balaban J connectivity index is 2.89. The van der Waals surface area contributed by atoms with E-state index in [0.717, 1.165) is 25.0 Å². The molecule has 0 spiro atoms. The molecule has 0 aliphatic rings. The monoisotopic (exact) mass is 390 g/mol. The van der Waals surface area contributed by atoms with Crippen LogP contribution < -0.4 is 4.90 Å². The van der Waals surface area contributed by atoms with Gasteiger partial charge in [-0.15, -0.1) is 0 Å². The van der Waals surface area contributed by atoms with Gasteiger partial charge in [0.25, 0.3) is 0 Å². The standard InChI is InChI=1S/C15H24Br2N2/c1-12(2)11-19(8-7-18(3)4)15-6-5-13(10-16)9-14(15)17/h5-6,9,12H,7-8,10-11H2,1-4H3. The van der Waals surface area contributed by atoms with Crippen LogP contribution in [0.4, 0.5) is 5.69 Å². The number of hydrogen-bond acceptors (Lipinski definition) is 2. The average Bonchev–Trinajstić information content (AvgIpc) is 2.34. The number of alkyl halides is 1. The number of hydrogen-bond donors (Lipinski definition) is 0. The Labute approximate surface area is 134 Å². The number of likely N-dealkylation sites (N-methyl/N-ethyl adjacent to an activating group) is 1. The lowest BCUT2D eigenvalue weighted by Crippen LogP contribution is -2.34. The largest absolute Gasteiger partial charge is 0.369 e. The van der Waals surface area contributed by atoms with Crippen molar-refractivity contribution in [3.05, 3.63) is 28.2 Å². The van der Waals surface area contributed by atoms with Gasteiger partial charge in [-0.2, -0.15) is 0 Å². The summed E-state index contributed by atoms with van der Waals surface area (Å²) in [6.07, 6.45) is 0. The van der Waals surface area contributed by atoms with Crippen LogP contribution >= 0.6 is 31.9 Å². The van der Waals surface area contributed by atoms with E-state index < -0.39 is 0 Å². The number of anilines is 1. The van der Waals surface area contributed by atoms with Gasteiger partial charge in [0.15, 0.2) is 0 Å². The summed E-state index contributed by atoms with van der Waals surface area (Å²) >= 11 is 7.21. The minimum Gasteiger partial charge on any atom is -0.369 e. The van der Waals surface area contributed by atoms with E-state index in [2.05, 4.69) is 87.8 Å². The molecule has 0 saturated heterocycles. The maximum atomic E-state index is 3.71. The SMILES string of the molecule is CC(C)CN(CCN(C)C)c1ccc(CBr)cc1Br. The van der Waals surface area contributed by atoms with Gasteiger partial charge in [0.1, 0.15) is 0 Å². The minimum atomic E-state index is 0.657. The molecule has 0 aromatic heterocycles. The third kappa shape index (κ3) is 5.84. The van der Waals surface area contributed by atoms with E-state index in [9.17, 15) is 0 Å². The Morgan fingerprint density at radius 1 is 1.16 bits per heavy atom. The molecule has 0 heterocycles. The molecule has 0 fully saturated rings. The van der Waals surface area contributed by atoms with Gasteiger partial charge in [0, 0.05) is 29.4 Å². The van der Waals surface area contributed by atoms with Crippen molar-refractivity contribution in [1.82, 2.24) is 4.90 Å². The highest BCUT2D eigenvalue weighted by Gasteiger charge is 2.12. The van der Waals surface area contributed by atoms with Crippen molar-refractivity contribution in [1.29, 1.82) is 0 Å². The first-order valence-corrected chi connectivity index (χ1v) is 8.59. The number of halogens is 2. The summed E-state index contributed by atoms with van der Waals surface area (Å²) in [5, 5.41) is 0.897. The summed E-state index contributed by atoms with van der Waals surface area (Å²) in [7, 11) is 4.24. The summed E-state index contributed by atoms with van der Waals surface area (Å²) in [6.45, 7) is 7.74. The van der Waals surface area contributed by atoms with Gasteiger partial charge >= 0.3 is 0 Å². The van der Waals surface area contributed by atoms with Crippen molar-refractivity contribution >= 4 is 37.5 Å². The highest BCUT2D eigenvalue weighted by Crippen LogP contribution is 2.28. The highest BCUT2D eigenvalue weighted by atomic mass is 79.9. The van der Waals surface area contributed by atoms with Crippen molar-refractivity contribution in [2.24, 2.45) is 5.92 Å². The Hall–Kier alpha value is -0.0600. The van der Waals surface area contributed by atoms with Crippen LogP contribution in [0.3, 0.4) is 0 Å². The zero-order valence-electron chi connectivity index (χ0n) is 12.3. The molecule has 0 saturated carbocycles. The second kappa shape index (κ2) is 8.28. The molecule has 1 aromatic carbocycles. The Kier molecular flexibility index (Phi) is 7.40. The van der Waals surface area contributed by atoms with Crippen LogP contribution in [0, 0.1) is 5.92 Å². The molecule has 4 heteroatoms. The van der Waals surface area contributed by atoms with Crippen LogP contribution in [0.5, 0.6) is 0 Å². The second-order valence-electron chi connectivity index (χ2n) is 5.56. The van der Waals surface area contributed by atoms with Crippen LogP contribution in [0.15, 0.2) is 22.7 Å². The van der Waals surface area contributed by atoms with Crippen LogP contribution in [0.2, 0.25) is 0 Å². The van der Waals surface area contributed by atoms with Crippen molar-refractivity contribution in [2.45, 2.75) is 19.2 Å². The van der Waals surface area contributed by atoms with Crippen molar-refractivity contribution in [2.75, 3.05) is 38.6 Å². The van der Waals surface area contributed by atoms with Crippen LogP contribution in [-0.2, 0) is 5.33 Å². The topological polar surface area (TPSA) is 6.48 Å². The summed E-state index contributed by atoms with van der Waals surface area (Å²) < 4.78 is 1.18. The van der Waals surface area contributed by atoms with E-state index in [-0.39, 0.29) is 0 Å². The predicted molar refractivity (Wildman–Crippen MR) is 92.4 cm³/mol. The van der Waals surface area contributed by atoms with Gasteiger partial charge in [-0.05, 0) is 53.6 Å². The maximum absolute atomic E-state index is 3.71. The van der Waals surface area contributed by atoms with Crippen LogP contribution in [0.25, 0.3) is 0 Å². The molecule has 19 heavy (non-hydrogen) atoms. The Morgan fingerprint density at radius 2 is 1.84 bits per heavy atom. The first-order chi connectivity index (χ1) is 8.93. The van der Waals surface area contributed by atoms with Gasteiger partial charge in [0.2, 0.25) is 0 Å². The van der Waals surface area contributed by atoms with Crippen molar-refractivity contribution in [3.8, 4) is 0 Å². The Morgan fingerprint density at radius 3 is 2.32 bits per heavy atom. The molecule has 108 valence electrons. The smallest absolute Gasteiger partial charge is 0.0511 e. The minimum absolute atomic E-state index is 0.657. The molecule has 0 aliphatic heterocycles. The third-order valence-electron chi connectivity index (χ3n) is 2.91. The van der Waals surface area contributed by atoms with Gasteiger partial charge in [-0.1, -0.05) is 35.8 Å². The third-order valence-corrected chi connectivity index (χ3v) is 4.19. The fourth-order valence-electron chi connectivity index (χ4n) is 1.96. The molecule has 0 radical (unpaired) electrons. The summed E-state index contributed by atoms with van der Waals surface area (Å²) in [5.41, 5.74) is 2.59. The van der Waals surface area contributed by atoms with Gasteiger partial charge < -0.3 is 9.80 Å². The number of rotatable bonds is 7. The molecule has 0 unspecified atom stereocenters.